The lowest BCUT2D eigenvalue weighted by Gasteiger charge is -2.29. The molecule has 2 aliphatic carbocycles. The zero-order valence-corrected chi connectivity index (χ0v) is 21.9. The molecule has 1 aromatic rings. The van der Waals surface area contributed by atoms with Crippen LogP contribution >= 0.6 is 23.2 Å². The first kappa shape index (κ1) is 26.6. The van der Waals surface area contributed by atoms with E-state index < -0.39 is 11.3 Å². The van der Waals surface area contributed by atoms with Gasteiger partial charge in [-0.2, -0.15) is 0 Å². The third kappa shape index (κ3) is 6.37. The first-order chi connectivity index (χ1) is 16.2. The largest absolute Gasteiger partial charge is 0.496 e. The van der Waals surface area contributed by atoms with Gasteiger partial charge in [0.25, 0.3) is 0 Å². The number of methoxy groups -OCH3 is 1. The van der Waals surface area contributed by atoms with E-state index in [4.69, 9.17) is 32.7 Å². The predicted octanol–water partition coefficient (Wildman–Crippen LogP) is 6.34. The summed E-state index contributed by atoms with van der Waals surface area (Å²) in [5.41, 5.74) is 1.01. The van der Waals surface area contributed by atoms with Gasteiger partial charge < -0.3 is 14.8 Å². The Morgan fingerprint density at radius 3 is 2.50 bits per heavy atom. The summed E-state index contributed by atoms with van der Waals surface area (Å²) in [6, 6.07) is 5.57. The number of carbonyl (C=O) groups is 2. The molecule has 0 aromatic heterocycles. The molecule has 1 amide bonds. The monoisotopic (exact) mass is 507 g/mol. The molecule has 34 heavy (non-hydrogen) atoms. The lowest BCUT2D eigenvalue weighted by atomic mass is 9.79. The molecule has 0 radical (unpaired) electrons. The first-order valence-electron chi connectivity index (χ1n) is 12.1. The Labute approximate surface area is 212 Å². The van der Waals surface area contributed by atoms with Gasteiger partial charge in [-0.25, -0.2) is 0 Å². The normalized spacial score (nSPS) is 24.8. The van der Waals surface area contributed by atoms with Crippen LogP contribution in [0.4, 0.5) is 0 Å². The molecule has 2 unspecified atom stereocenters. The van der Waals surface area contributed by atoms with Crippen molar-refractivity contribution in [2.45, 2.75) is 64.2 Å². The minimum atomic E-state index is -0.722. The number of allylic oxidation sites excluding steroid dienone is 3. The molecule has 0 aliphatic heterocycles. The van der Waals surface area contributed by atoms with Gasteiger partial charge in [0.15, 0.2) is 0 Å². The molecule has 1 aromatic carbocycles. The average molecular weight is 508 g/mol. The van der Waals surface area contributed by atoms with Crippen LogP contribution in [0.15, 0.2) is 41.1 Å². The SMILES string of the molecule is CCC(=O)C1CCC(CNC(=O)C2C=CC(Cl)=C(Oc3ccc(OC)c(C(C)C)c3)C2Cl)CC1. The first-order valence-corrected chi connectivity index (χ1v) is 12.9. The van der Waals surface area contributed by atoms with Gasteiger partial charge in [-0.3, -0.25) is 9.59 Å². The summed E-state index contributed by atoms with van der Waals surface area (Å²) in [6.45, 7) is 6.67. The Morgan fingerprint density at radius 2 is 1.88 bits per heavy atom. The summed E-state index contributed by atoms with van der Waals surface area (Å²) >= 11 is 13.1. The number of nitrogens with one attached hydrogen (secondary N) is 1. The molecule has 0 heterocycles. The highest BCUT2D eigenvalue weighted by molar-refractivity contribution is 6.33. The topological polar surface area (TPSA) is 64.6 Å². The third-order valence-corrected chi connectivity index (χ3v) is 7.60. The van der Waals surface area contributed by atoms with Gasteiger partial charge in [-0.05, 0) is 61.8 Å². The summed E-state index contributed by atoms with van der Waals surface area (Å²) in [5, 5.41) is 2.71. The molecule has 3 rings (SSSR count). The summed E-state index contributed by atoms with van der Waals surface area (Å²) in [4.78, 5) is 24.9. The Balaban J connectivity index is 1.60. The maximum absolute atomic E-state index is 13.0. The highest BCUT2D eigenvalue weighted by Crippen LogP contribution is 2.36. The minimum absolute atomic E-state index is 0.147. The van der Waals surface area contributed by atoms with Gasteiger partial charge in [0.2, 0.25) is 5.91 Å². The summed E-state index contributed by atoms with van der Waals surface area (Å²) in [6.07, 6.45) is 7.74. The molecular formula is C27H35Cl2NO4. The number of ketones is 1. The zero-order valence-electron chi connectivity index (χ0n) is 20.4. The quantitative estimate of drug-likeness (QED) is 0.395. The summed E-state index contributed by atoms with van der Waals surface area (Å²) in [7, 11) is 1.64. The number of rotatable bonds is 9. The molecule has 2 atom stereocenters. The average Bonchev–Trinajstić information content (AvgIpc) is 2.84. The van der Waals surface area contributed by atoms with Crippen molar-refractivity contribution in [3.63, 3.8) is 0 Å². The van der Waals surface area contributed by atoms with Crippen LogP contribution in [-0.2, 0) is 9.59 Å². The van der Waals surface area contributed by atoms with E-state index in [1.54, 1.807) is 25.3 Å². The van der Waals surface area contributed by atoms with Crippen molar-refractivity contribution in [1.82, 2.24) is 5.32 Å². The Bertz CT molecular complexity index is 948. The molecule has 1 saturated carbocycles. The van der Waals surface area contributed by atoms with E-state index in [1.165, 1.54) is 0 Å². The van der Waals surface area contributed by atoms with Crippen molar-refractivity contribution in [2.24, 2.45) is 17.8 Å². The van der Waals surface area contributed by atoms with Gasteiger partial charge >= 0.3 is 0 Å². The Hall–Kier alpha value is -1.98. The highest BCUT2D eigenvalue weighted by Gasteiger charge is 2.34. The number of hydrogen-bond acceptors (Lipinski definition) is 4. The van der Waals surface area contributed by atoms with E-state index in [9.17, 15) is 9.59 Å². The maximum Gasteiger partial charge on any atom is 0.228 e. The number of carbonyl (C=O) groups excluding carboxylic acids is 2. The Morgan fingerprint density at radius 1 is 1.18 bits per heavy atom. The van der Waals surface area contributed by atoms with E-state index in [0.29, 0.717) is 41.2 Å². The van der Waals surface area contributed by atoms with Crippen molar-refractivity contribution in [2.75, 3.05) is 13.7 Å². The van der Waals surface area contributed by atoms with Gasteiger partial charge in [0.1, 0.15) is 28.4 Å². The predicted molar refractivity (Wildman–Crippen MR) is 137 cm³/mol. The van der Waals surface area contributed by atoms with Crippen LogP contribution in [0.1, 0.15) is 64.4 Å². The van der Waals surface area contributed by atoms with Gasteiger partial charge in [-0.1, -0.05) is 38.4 Å². The number of alkyl halides is 1. The minimum Gasteiger partial charge on any atom is -0.496 e. The lowest BCUT2D eigenvalue weighted by molar-refractivity contribution is -0.125. The van der Waals surface area contributed by atoms with Crippen LogP contribution in [0.3, 0.4) is 0 Å². The number of halogens is 2. The second-order valence-corrected chi connectivity index (χ2v) is 10.3. The third-order valence-electron chi connectivity index (χ3n) is 6.82. The molecule has 2 aliphatic rings. The second-order valence-electron chi connectivity index (χ2n) is 9.44. The van der Waals surface area contributed by atoms with Crippen molar-refractivity contribution >= 4 is 34.9 Å². The number of amides is 1. The van der Waals surface area contributed by atoms with Gasteiger partial charge in [0.05, 0.1) is 18.1 Å². The zero-order chi connectivity index (χ0) is 24.8. The molecule has 186 valence electrons. The van der Waals surface area contributed by atoms with Crippen LogP contribution in [0, 0.1) is 17.8 Å². The molecule has 7 heteroatoms. The smallest absolute Gasteiger partial charge is 0.228 e. The molecule has 0 saturated heterocycles. The lowest BCUT2D eigenvalue weighted by Crippen LogP contribution is -2.40. The Kier molecular flexibility index (Phi) is 9.49. The number of ether oxygens (including phenoxy) is 2. The molecule has 1 N–H and O–H groups in total. The number of Topliss-reactive ketones (excluding diaryl/α,β-unsaturated/α-hetero) is 1. The summed E-state index contributed by atoms with van der Waals surface area (Å²) in [5.74, 6) is 2.19. The fourth-order valence-corrected chi connectivity index (χ4v) is 5.33. The van der Waals surface area contributed by atoms with E-state index in [2.05, 4.69) is 19.2 Å². The number of benzene rings is 1. The van der Waals surface area contributed by atoms with E-state index >= 15 is 0 Å². The van der Waals surface area contributed by atoms with Crippen LogP contribution in [0.2, 0.25) is 0 Å². The van der Waals surface area contributed by atoms with Crippen molar-refractivity contribution in [3.05, 3.63) is 46.7 Å². The van der Waals surface area contributed by atoms with Crippen molar-refractivity contribution in [3.8, 4) is 11.5 Å². The molecule has 0 spiro atoms. The van der Waals surface area contributed by atoms with Crippen LogP contribution in [0.5, 0.6) is 11.5 Å². The molecule has 1 fully saturated rings. The molecular weight excluding hydrogens is 473 g/mol. The van der Waals surface area contributed by atoms with Crippen LogP contribution in [0.25, 0.3) is 0 Å². The fourth-order valence-electron chi connectivity index (χ4n) is 4.68. The van der Waals surface area contributed by atoms with Gasteiger partial charge in [0, 0.05) is 24.4 Å². The fraction of sp³-hybridized carbons (Fsp3) is 0.556. The van der Waals surface area contributed by atoms with Crippen molar-refractivity contribution < 1.29 is 19.1 Å². The molecule has 5 nitrogen and oxygen atoms in total. The van der Waals surface area contributed by atoms with E-state index in [1.807, 2.05) is 19.1 Å². The highest BCUT2D eigenvalue weighted by atomic mass is 35.5. The van der Waals surface area contributed by atoms with Gasteiger partial charge in [-0.15, -0.1) is 11.6 Å². The standard InChI is InChI=1S/C27H35Cl2NO4/c1-5-23(31)18-8-6-17(7-9-18)15-30-27(32)20-11-12-22(28)26(25(20)29)34-19-10-13-24(33-4)21(14-19)16(2)3/h10-14,16-18,20,25H,5-9,15H2,1-4H3,(H,30,32). The van der Waals surface area contributed by atoms with Crippen LogP contribution < -0.4 is 14.8 Å². The van der Waals surface area contributed by atoms with Crippen molar-refractivity contribution in [1.29, 1.82) is 0 Å². The van der Waals surface area contributed by atoms with Crippen LogP contribution in [-0.4, -0.2) is 30.7 Å². The maximum atomic E-state index is 13.0. The van der Waals surface area contributed by atoms with E-state index in [0.717, 1.165) is 37.0 Å². The summed E-state index contributed by atoms with van der Waals surface area (Å²) < 4.78 is 11.5. The second kappa shape index (κ2) is 12.1. The molecule has 0 bridgehead atoms. The van der Waals surface area contributed by atoms with E-state index in [-0.39, 0.29) is 17.7 Å². The number of hydrogen-bond donors (Lipinski definition) is 1.